The Morgan fingerprint density at radius 3 is 2.38 bits per heavy atom. The molecule has 1 aromatic heterocycles. The number of aromatic nitrogens is 2. The Kier molecular flexibility index (Phi) is 5.60. The zero-order valence-corrected chi connectivity index (χ0v) is 17.7. The predicted molar refractivity (Wildman–Crippen MR) is 109 cm³/mol. The second-order valence-electron chi connectivity index (χ2n) is 8.13. The summed E-state index contributed by atoms with van der Waals surface area (Å²) in [5.41, 5.74) is 2.55. The number of likely N-dealkylation sites (tertiary alicyclic amines) is 1. The van der Waals surface area contributed by atoms with Crippen LogP contribution >= 0.6 is 23.2 Å². The van der Waals surface area contributed by atoms with E-state index in [9.17, 15) is 13.6 Å². The molecule has 1 saturated heterocycles. The summed E-state index contributed by atoms with van der Waals surface area (Å²) in [6.07, 6.45) is 5.24. The fourth-order valence-corrected chi connectivity index (χ4v) is 5.07. The van der Waals surface area contributed by atoms with Gasteiger partial charge in [-0.1, -0.05) is 23.2 Å². The highest BCUT2D eigenvalue weighted by atomic mass is 35.5. The Bertz CT molecular complexity index is 897. The number of halogens is 4. The van der Waals surface area contributed by atoms with Crippen molar-refractivity contribution in [1.29, 1.82) is 0 Å². The van der Waals surface area contributed by atoms with Crippen molar-refractivity contribution in [1.82, 2.24) is 14.7 Å². The summed E-state index contributed by atoms with van der Waals surface area (Å²) in [7, 11) is 1.84. The summed E-state index contributed by atoms with van der Waals surface area (Å²) in [5, 5.41) is 5.22. The molecule has 4 nitrogen and oxygen atoms in total. The Hall–Kier alpha value is -1.66. The quantitative estimate of drug-likeness (QED) is 0.639. The molecule has 2 aromatic rings. The van der Waals surface area contributed by atoms with Gasteiger partial charge in [0, 0.05) is 60.2 Å². The van der Waals surface area contributed by atoms with Crippen molar-refractivity contribution in [3.63, 3.8) is 0 Å². The van der Waals surface area contributed by atoms with Crippen LogP contribution in [0.3, 0.4) is 0 Å². The zero-order chi connectivity index (χ0) is 20.8. The molecule has 4 rings (SSSR count). The van der Waals surface area contributed by atoms with Gasteiger partial charge in [-0.25, -0.2) is 8.78 Å². The van der Waals surface area contributed by atoms with E-state index in [0.29, 0.717) is 42.3 Å². The number of aryl methyl sites for hydroxylation is 1. The Morgan fingerprint density at radius 1 is 1.14 bits per heavy atom. The van der Waals surface area contributed by atoms with Gasteiger partial charge in [-0.3, -0.25) is 9.48 Å². The highest BCUT2D eigenvalue weighted by Crippen LogP contribution is 2.39. The lowest BCUT2D eigenvalue weighted by Gasteiger charge is -2.34. The third-order valence-electron chi connectivity index (χ3n) is 6.11. The molecule has 1 amide bonds. The van der Waals surface area contributed by atoms with Crippen LogP contribution in [0.2, 0.25) is 10.0 Å². The molecule has 2 aliphatic rings. The maximum atomic E-state index is 13.4. The van der Waals surface area contributed by atoms with E-state index in [2.05, 4.69) is 5.10 Å². The van der Waals surface area contributed by atoms with Crippen LogP contribution < -0.4 is 0 Å². The Labute approximate surface area is 178 Å². The number of carbonyl (C=O) groups excluding carboxylic acids is 1. The van der Waals surface area contributed by atoms with Crippen LogP contribution in [-0.2, 0) is 18.3 Å². The number of rotatable bonds is 4. The van der Waals surface area contributed by atoms with Gasteiger partial charge in [-0.05, 0) is 48.9 Å². The van der Waals surface area contributed by atoms with E-state index in [4.69, 9.17) is 23.2 Å². The first kappa shape index (κ1) is 20.6. The first-order valence-corrected chi connectivity index (χ1v) is 10.6. The molecule has 0 N–H and O–H groups in total. The van der Waals surface area contributed by atoms with Crippen molar-refractivity contribution < 1.29 is 13.6 Å². The number of carbonyl (C=O) groups is 1. The molecule has 156 valence electrons. The molecule has 1 aliphatic carbocycles. The monoisotopic (exact) mass is 441 g/mol. The number of alkyl halides is 2. The second kappa shape index (κ2) is 7.88. The molecule has 2 fully saturated rings. The summed E-state index contributed by atoms with van der Waals surface area (Å²) in [4.78, 5) is 14.7. The van der Waals surface area contributed by atoms with Crippen LogP contribution in [0.15, 0.2) is 24.5 Å². The number of hydrogen-bond acceptors (Lipinski definition) is 2. The van der Waals surface area contributed by atoms with Gasteiger partial charge in [0.1, 0.15) is 0 Å². The van der Waals surface area contributed by atoms with E-state index < -0.39 is 5.92 Å². The SMILES string of the molecule is Cn1cc(-c2cc(Cl)c(CC3CCN(C4CCC(F)(F)CC4)C3=O)c(Cl)c2)cn1. The lowest BCUT2D eigenvalue weighted by atomic mass is 9.91. The molecular formula is C21H23Cl2F2N3O. The molecule has 0 radical (unpaired) electrons. The van der Waals surface area contributed by atoms with Crippen molar-refractivity contribution in [3.8, 4) is 11.1 Å². The lowest BCUT2D eigenvalue weighted by molar-refractivity contribution is -0.135. The molecule has 29 heavy (non-hydrogen) atoms. The van der Waals surface area contributed by atoms with Crippen molar-refractivity contribution in [2.75, 3.05) is 6.54 Å². The van der Waals surface area contributed by atoms with Crippen molar-refractivity contribution in [2.45, 2.75) is 50.5 Å². The summed E-state index contributed by atoms with van der Waals surface area (Å²) >= 11 is 13.0. The fourth-order valence-electron chi connectivity index (χ4n) is 4.43. The van der Waals surface area contributed by atoms with E-state index >= 15 is 0 Å². The zero-order valence-electron chi connectivity index (χ0n) is 16.2. The standard InChI is InChI=1S/C21H23Cl2F2N3O/c1-27-12-15(11-26-27)14-9-18(22)17(19(23)10-14)8-13-4-7-28(20(13)29)16-2-5-21(24,25)6-3-16/h9-13,16H,2-8H2,1H3. The minimum Gasteiger partial charge on any atom is -0.339 e. The Morgan fingerprint density at radius 2 is 1.79 bits per heavy atom. The van der Waals surface area contributed by atoms with E-state index in [1.807, 2.05) is 25.4 Å². The van der Waals surface area contributed by atoms with Crippen LogP contribution in [0, 0.1) is 5.92 Å². The summed E-state index contributed by atoms with van der Waals surface area (Å²) in [5.74, 6) is -2.77. The minimum absolute atomic E-state index is 0.0312. The first-order chi connectivity index (χ1) is 13.7. The molecule has 1 aliphatic heterocycles. The number of hydrogen-bond donors (Lipinski definition) is 0. The number of amides is 1. The van der Waals surface area contributed by atoms with Gasteiger partial charge in [-0.15, -0.1) is 0 Å². The minimum atomic E-state index is -2.59. The number of benzene rings is 1. The van der Waals surface area contributed by atoms with E-state index in [1.165, 1.54) is 0 Å². The van der Waals surface area contributed by atoms with Gasteiger partial charge in [0.25, 0.3) is 0 Å². The molecule has 1 atom stereocenters. The van der Waals surface area contributed by atoms with Crippen LogP contribution in [0.5, 0.6) is 0 Å². The van der Waals surface area contributed by atoms with Gasteiger partial charge < -0.3 is 4.90 Å². The second-order valence-corrected chi connectivity index (χ2v) is 8.94. The van der Waals surface area contributed by atoms with Gasteiger partial charge in [-0.2, -0.15) is 5.10 Å². The third-order valence-corrected chi connectivity index (χ3v) is 6.78. The van der Waals surface area contributed by atoms with E-state index in [-0.39, 0.29) is 30.7 Å². The average Bonchev–Trinajstić information content (AvgIpc) is 3.24. The molecule has 0 spiro atoms. The van der Waals surface area contributed by atoms with E-state index in [1.54, 1.807) is 15.8 Å². The van der Waals surface area contributed by atoms with Gasteiger partial charge in [0.05, 0.1) is 6.20 Å². The lowest BCUT2D eigenvalue weighted by Crippen LogP contribution is -2.42. The molecule has 2 heterocycles. The molecule has 1 saturated carbocycles. The van der Waals surface area contributed by atoms with Crippen molar-refractivity contribution >= 4 is 29.1 Å². The van der Waals surface area contributed by atoms with E-state index in [0.717, 1.165) is 16.7 Å². The highest BCUT2D eigenvalue weighted by molar-refractivity contribution is 6.36. The van der Waals surface area contributed by atoms with Crippen LogP contribution in [-0.4, -0.2) is 39.1 Å². The maximum Gasteiger partial charge on any atom is 0.248 e. The highest BCUT2D eigenvalue weighted by Gasteiger charge is 2.42. The summed E-state index contributed by atoms with van der Waals surface area (Å²) in [6, 6.07) is 3.62. The third kappa shape index (κ3) is 4.29. The van der Waals surface area contributed by atoms with Crippen molar-refractivity contribution in [3.05, 3.63) is 40.1 Å². The maximum absolute atomic E-state index is 13.4. The average molecular weight is 442 g/mol. The molecule has 1 unspecified atom stereocenters. The van der Waals surface area contributed by atoms with Crippen LogP contribution in [0.4, 0.5) is 8.78 Å². The molecule has 1 aromatic carbocycles. The predicted octanol–water partition coefficient (Wildman–Crippen LogP) is 5.36. The van der Waals surface area contributed by atoms with Crippen LogP contribution in [0.25, 0.3) is 11.1 Å². The van der Waals surface area contributed by atoms with Gasteiger partial charge in [0.2, 0.25) is 11.8 Å². The topological polar surface area (TPSA) is 38.1 Å². The smallest absolute Gasteiger partial charge is 0.248 e. The summed E-state index contributed by atoms with van der Waals surface area (Å²) in [6.45, 7) is 0.614. The van der Waals surface area contributed by atoms with Crippen LogP contribution in [0.1, 0.15) is 37.7 Å². The first-order valence-electron chi connectivity index (χ1n) is 9.89. The summed E-state index contributed by atoms with van der Waals surface area (Å²) < 4.78 is 28.6. The molecule has 8 heteroatoms. The molecular weight excluding hydrogens is 419 g/mol. The Balaban J connectivity index is 1.46. The molecule has 0 bridgehead atoms. The van der Waals surface area contributed by atoms with Gasteiger partial charge in [0.15, 0.2) is 0 Å². The number of nitrogens with zero attached hydrogens (tertiary/aromatic N) is 3. The fraction of sp³-hybridized carbons (Fsp3) is 0.524. The van der Waals surface area contributed by atoms with Gasteiger partial charge >= 0.3 is 0 Å². The normalized spacial score (nSPS) is 22.4. The largest absolute Gasteiger partial charge is 0.339 e. The van der Waals surface area contributed by atoms with Crippen molar-refractivity contribution in [2.24, 2.45) is 13.0 Å².